The minimum Gasteiger partial charge on any atom is -0.360 e. The van der Waals surface area contributed by atoms with Gasteiger partial charge < -0.3 is 5.32 Å². The van der Waals surface area contributed by atoms with Crippen LogP contribution in [0.25, 0.3) is 0 Å². The molecule has 3 aromatic carbocycles. The highest BCUT2D eigenvalue weighted by atomic mass is 35.5. The molecular formula is C20H13Cl3N2O. The van der Waals surface area contributed by atoms with Crippen LogP contribution in [0.4, 0.5) is 11.4 Å². The molecule has 0 fully saturated rings. The van der Waals surface area contributed by atoms with E-state index in [-0.39, 0.29) is 5.91 Å². The lowest BCUT2D eigenvalue weighted by atomic mass is 10.0. The summed E-state index contributed by atoms with van der Waals surface area (Å²) < 4.78 is 0. The summed E-state index contributed by atoms with van der Waals surface area (Å²) >= 11 is 18.5. The molecule has 1 heterocycles. The number of hydrogen-bond acceptors (Lipinski definition) is 2. The predicted molar refractivity (Wildman–Crippen MR) is 108 cm³/mol. The quantitative estimate of drug-likeness (QED) is 0.535. The lowest BCUT2D eigenvalue weighted by Gasteiger charge is -2.38. The molecule has 0 aliphatic carbocycles. The summed E-state index contributed by atoms with van der Waals surface area (Å²) in [5.74, 6) is -0.113. The maximum atomic E-state index is 13.2. The van der Waals surface area contributed by atoms with Crippen LogP contribution in [-0.4, -0.2) is 5.91 Å². The number of nitrogens with zero attached hydrogens (tertiary/aromatic N) is 1. The standard InChI is InChI=1S/C20H13Cl3N2O/c21-12-5-8-14(9-6-12)25-19(15-10-7-13(22)11-17(15)23)24-18-4-2-1-3-16(18)20(25)26/h1-11,19,24H. The van der Waals surface area contributed by atoms with E-state index in [1.165, 1.54) is 0 Å². The van der Waals surface area contributed by atoms with Gasteiger partial charge in [0.15, 0.2) is 0 Å². The van der Waals surface area contributed by atoms with E-state index in [9.17, 15) is 4.79 Å². The van der Waals surface area contributed by atoms with E-state index in [1.54, 1.807) is 35.2 Å². The summed E-state index contributed by atoms with van der Waals surface area (Å²) in [7, 11) is 0. The molecule has 1 aliphatic heterocycles. The van der Waals surface area contributed by atoms with E-state index in [0.29, 0.717) is 20.6 Å². The summed E-state index contributed by atoms with van der Waals surface area (Å²) in [6.45, 7) is 0. The van der Waals surface area contributed by atoms with Crippen molar-refractivity contribution in [2.24, 2.45) is 0 Å². The van der Waals surface area contributed by atoms with Crippen molar-refractivity contribution in [3.63, 3.8) is 0 Å². The van der Waals surface area contributed by atoms with Gasteiger partial charge in [-0.3, -0.25) is 9.69 Å². The summed E-state index contributed by atoms with van der Waals surface area (Å²) in [6.07, 6.45) is -0.469. The molecule has 1 unspecified atom stereocenters. The van der Waals surface area contributed by atoms with E-state index in [0.717, 1.165) is 16.9 Å². The number of anilines is 2. The monoisotopic (exact) mass is 402 g/mol. The maximum absolute atomic E-state index is 13.2. The van der Waals surface area contributed by atoms with E-state index < -0.39 is 6.17 Å². The van der Waals surface area contributed by atoms with Crippen LogP contribution in [0.15, 0.2) is 66.7 Å². The van der Waals surface area contributed by atoms with Gasteiger partial charge in [-0.25, -0.2) is 0 Å². The fourth-order valence-corrected chi connectivity index (χ4v) is 3.70. The molecule has 3 nitrogen and oxygen atoms in total. The molecular weight excluding hydrogens is 391 g/mol. The maximum Gasteiger partial charge on any atom is 0.262 e. The van der Waals surface area contributed by atoms with E-state index in [1.807, 2.05) is 36.4 Å². The van der Waals surface area contributed by atoms with Crippen molar-refractivity contribution in [3.05, 3.63) is 92.9 Å². The van der Waals surface area contributed by atoms with Crippen LogP contribution in [0, 0.1) is 0 Å². The molecule has 0 aromatic heterocycles. The number of benzene rings is 3. The van der Waals surface area contributed by atoms with Crippen LogP contribution in [0.1, 0.15) is 22.1 Å². The number of carbonyl (C=O) groups excluding carboxylic acids is 1. The first-order valence-electron chi connectivity index (χ1n) is 7.94. The van der Waals surface area contributed by atoms with Crippen molar-refractivity contribution in [2.45, 2.75) is 6.17 Å². The predicted octanol–water partition coefficient (Wildman–Crippen LogP) is 6.42. The minimum atomic E-state index is -0.469. The number of rotatable bonds is 2. The summed E-state index contributed by atoms with van der Waals surface area (Å²) in [5.41, 5.74) is 2.84. The lowest BCUT2D eigenvalue weighted by Crippen LogP contribution is -2.43. The first kappa shape index (κ1) is 17.2. The molecule has 4 rings (SSSR count). The number of hydrogen-bond donors (Lipinski definition) is 1. The number of carbonyl (C=O) groups is 1. The van der Waals surface area contributed by atoms with Crippen LogP contribution < -0.4 is 10.2 Å². The average molecular weight is 404 g/mol. The lowest BCUT2D eigenvalue weighted by molar-refractivity contribution is 0.0975. The smallest absolute Gasteiger partial charge is 0.262 e. The SMILES string of the molecule is O=C1c2ccccc2NC(c2ccc(Cl)cc2Cl)N1c1ccc(Cl)cc1. The van der Waals surface area contributed by atoms with Crippen LogP contribution in [0.2, 0.25) is 15.1 Å². The van der Waals surface area contributed by atoms with E-state index in [4.69, 9.17) is 34.8 Å². The second-order valence-corrected chi connectivity index (χ2v) is 7.19. The molecule has 0 radical (unpaired) electrons. The van der Waals surface area contributed by atoms with Crippen LogP contribution in [0.5, 0.6) is 0 Å². The van der Waals surface area contributed by atoms with Crippen molar-refractivity contribution in [1.82, 2.24) is 0 Å². The third kappa shape index (κ3) is 3.03. The number of para-hydroxylation sites is 1. The molecule has 0 bridgehead atoms. The van der Waals surface area contributed by atoms with Gasteiger partial charge in [-0.15, -0.1) is 0 Å². The fraction of sp³-hybridized carbons (Fsp3) is 0.0500. The van der Waals surface area contributed by atoms with Crippen LogP contribution >= 0.6 is 34.8 Å². The number of halogens is 3. The Hall–Kier alpha value is -2.20. The Labute approximate surface area is 166 Å². The third-order valence-electron chi connectivity index (χ3n) is 4.29. The zero-order chi connectivity index (χ0) is 18.3. The Morgan fingerprint density at radius 1 is 0.846 bits per heavy atom. The molecule has 1 amide bonds. The normalized spacial score (nSPS) is 16.2. The van der Waals surface area contributed by atoms with Gasteiger partial charge in [0.2, 0.25) is 0 Å². The van der Waals surface area contributed by atoms with Crippen molar-refractivity contribution in [3.8, 4) is 0 Å². The molecule has 1 atom stereocenters. The Morgan fingerprint density at radius 3 is 2.27 bits per heavy atom. The number of fused-ring (bicyclic) bond motifs is 1. The molecule has 0 saturated carbocycles. The zero-order valence-corrected chi connectivity index (χ0v) is 15.7. The van der Waals surface area contributed by atoms with Gasteiger partial charge in [-0.2, -0.15) is 0 Å². The zero-order valence-electron chi connectivity index (χ0n) is 13.4. The molecule has 6 heteroatoms. The largest absolute Gasteiger partial charge is 0.360 e. The summed E-state index contributed by atoms with van der Waals surface area (Å²) in [6, 6.07) is 19.8. The van der Waals surface area contributed by atoms with Gasteiger partial charge in [-0.1, -0.05) is 53.0 Å². The first-order chi connectivity index (χ1) is 12.5. The second kappa shape index (κ2) is 6.84. The van der Waals surface area contributed by atoms with Gasteiger partial charge in [0.25, 0.3) is 5.91 Å². The van der Waals surface area contributed by atoms with Crippen molar-refractivity contribution in [1.29, 1.82) is 0 Å². The van der Waals surface area contributed by atoms with Gasteiger partial charge in [0, 0.05) is 32.0 Å². The fourth-order valence-electron chi connectivity index (χ4n) is 3.06. The molecule has 0 saturated heterocycles. The van der Waals surface area contributed by atoms with Gasteiger partial charge in [0.1, 0.15) is 6.17 Å². The van der Waals surface area contributed by atoms with Crippen molar-refractivity contribution < 1.29 is 4.79 Å². The summed E-state index contributed by atoms with van der Waals surface area (Å²) in [5, 5.41) is 5.04. The molecule has 3 aromatic rings. The van der Waals surface area contributed by atoms with Crippen molar-refractivity contribution in [2.75, 3.05) is 10.2 Å². The molecule has 0 spiro atoms. The number of amides is 1. The molecule has 1 N–H and O–H groups in total. The molecule has 26 heavy (non-hydrogen) atoms. The van der Waals surface area contributed by atoms with Gasteiger partial charge in [0.05, 0.1) is 5.56 Å². The Balaban J connectivity index is 1.88. The average Bonchev–Trinajstić information content (AvgIpc) is 2.63. The topological polar surface area (TPSA) is 32.3 Å². The Morgan fingerprint density at radius 2 is 1.54 bits per heavy atom. The highest BCUT2D eigenvalue weighted by Crippen LogP contribution is 2.39. The van der Waals surface area contributed by atoms with E-state index >= 15 is 0 Å². The molecule has 130 valence electrons. The Kier molecular flexibility index (Phi) is 4.53. The van der Waals surface area contributed by atoms with Crippen LogP contribution in [0.3, 0.4) is 0 Å². The highest BCUT2D eigenvalue weighted by Gasteiger charge is 2.34. The number of nitrogens with one attached hydrogen (secondary N) is 1. The van der Waals surface area contributed by atoms with Gasteiger partial charge >= 0.3 is 0 Å². The third-order valence-corrected chi connectivity index (χ3v) is 5.10. The first-order valence-corrected chi connectivity index (χ1v) is 9.07. The Bertz CT molecular complexity index is 989. The molecule has 1 aliphatic rings. The second-order valence-electron chi connectivity index (χ2n) is 5.91. The highest BCUT2D eigenvalue weighted by molar-refractivity contribution is 6.35. The van der Waals surface area contributed by atoms with Crippen LogP contribution in [-0.2, 0) is 0 Å². The minimum absolute atomic E-state index is 0.113. The van der Waals surface area contributed by atoms with Crippen molar-refractivity contribution >= 4 is 52.1 Å². The van der Waals surface area contributed by atoms with Gasteiger partial charge in [-0.05, 0) is 48.5 Å². The summed E-state index contributed by atoms with van der Waals surface area (Å²) in [4.78, 5) is 14.9. The van der Waals surface area contributed by atoms with E-state index in [2.05, 4.69) is 5.32 Å².